The van der Waals surface area contributed by atoms with Gasteiger partial charge in [0.1, 0.15) is 5.75 Å². The van der Waals surface area contributed by atoms with Crippen LogP contribution in [0.1, 0.15) is 46.5 Å². The second-order valence-electron chi connectivity index (χ2n) is 7.32. The van der Waals surface area contributed by atoms with Gasteiger partial charge in [0.15, 0.2) is 0 Å². The Morgan fingerprint density at radius 2 is 1.93 bits per heavy atom. The summed E-state index contributed by atoms with van der Waals surface area (Å²) in [6, 6.07) is 13.4. The highest BCUT2D eigenvalue weighted by molar-refractivity contribution is 7.99. The highest BCUT2D eigenvalue weighted by atomic mass is 35.5. The van der Waals surface area contributed by atoms with Gasteiger partial charge in [-0.05, 0) is 42.5 Å². The van der Waals surface area contributed by atoms with Crippen LogP contribution in [0, 0.1) is 5.41 Å². The average Bonchev–Trinajstić information content (AvgIpc) is 2.73. The number of carbonyl (C=O) groups is 1. The molecular weight excluding hydrogens is 390 g/mol. The molecule has 152 valence electrons. The molecule has 1 unspecified atom stereocenters. The first-order valence-electron chi connectivity index (χ1n) is 9.78. The van der Waals surface area contributed by atoms with Gasteiger partial charge in [-0.3, -0.25) is 9.69 Å². The maximum atomic E-state index is 12.0. The van der Waals surface area contributed by atoms with Crippen LogP contribution in [0.3, 0.4) is 0 Å². The van der Waals surface area contributed by atoms with Gasteiger partial charge >= 0.3 is 0 Å². The maximum absolute atomic E-state index is 12.0. The summed E-state index contributed by atoms with van der Waals surface area (Å²) in [6.07, 6.45) is 5.59. The first-order chi connectivity index (χ1) is 13.5. The molecule has 28 heavy (non-hydrogen) atoms. The summed E-state index contributed by atoms with van der Waals surface area (Å²) in [5, 5.41) is 0.494. The van der Waals surface area contributed by atoms with Gasteiger partial charge in [0, 0.05) is 16.3 Å². The molecule has 0 spiro atoms. The summed E-state index contributed by atoms with van der Waals surface area (Å²) in [6.45, 7) is 6.83. The summed E-state index contributed by atoms with van der Waals surface area (Å²) in [7, 11) is 1.61. The monoisotopic (exact) mass is 419 g/mol. The Morgan fingerprint density at radius 3 is 2.50 bits per heavy atom. The molecule has 0 aliphatic heterocycles. The van der Waals surface area contributed by atoms with E-state index in [2.05, 4.69) is 20.8 Å². The van der Waals surface area contributed by atoms with Crippen molar-refractivity contribution in [3.05, 3.63) is 47.5 Å². The molecule has 0 aromatic heterocycles. The zero-order valence-corrected chi connectivity index (χ0v) is 18.8. The van der Waals surface area contributed by atoms with Crippen LogP contribution in [-0.4, -0.2) is 19.3 Å². The molecule has 2 aromatic rings. The number of ether oxygens (including phenoxy) is 1. The molecule has 0 aliphatic carbocycles. The van der Waals surface area contributed by atoms with Gasteiger partial charge in [-0.1, -0.05) is 63.4 Å². The van der Waals surface area contributed by atoms with E-state index in [4.69, 9.17) is 16.3 Å². The number of nitrogens with zero attached hydrogens (tertiary/aromatic N) is 1. The van der Waals surface area contributed by atoms with E-state index in [0.29, 0.717) is 10.8 Å². The number of hydrogen-bond acceptors (Lipinski definition) is 3. The number of unbranched alkanes of at least 4 members (excludes halogenated alkanes) is 1. The van der Waals surface area contributed by atoms with Crippen LogP contribution in [0.2, 0.25) is 5.02 Å². The number of para-hydroxylation sites is 1. The third-order valence-corrected chi connectivity index (χ3v) is 6.97. The van der Waals surface area contributed by atoms with Gasteiger partial charge in [0.25, 0.3) is 0 Å². The largest absolute Gasteiger partial charge is 0.495 e. The Kier molecular flexibility index (Phi) is 8.71. The molecule has 0 aliphatic rings. The number of halogens is 1. The number of methoxy groups -OCH3 is 1. The van der Waals surface area contributed by atoms with E-state index in [1.807, 2.05) is 42.5 Å². The fourth-order valence-corrected chi connectivity index (χ4v) is 4.62. The van der Waals surface area contributed by atoms with Crippen LogP contribution < -0.4 is 9.64 Å². The van der Waals surface area contributed by atoms with Gasteiger partial charge in [-0.15, -0.1) is 11.8 Å². The van der Waals surface area contributed by atoms with E-state index in [9.17, 15) is 4.79 Å². The van der Waals surface area contributed by atoms with E-state index in [0.717, 1.165) is 34.9 Å². The Labute approximate surface area is 178 Å². The summed E-state index contributed by atoms with van der Waals surface area (Å²) in [4.78, 5) is 14.6. The van der Waals surface area contributed by atoms with E-state index in [1.54, 1.807) is 23.8 Å². The number of benzene rings is 2. The molecule has 0 saturated carbocycles. The lowest BCUT2D eigenvalue weighted by Crippen LogP contribution is -2.19. The zero-order chi connectivity index (χ0) is 20.6. The first kappa shape index (κ1) is 22.6. The first-order valence-corrected chi connectivity index (χ1v) is 11.1. The van der Waals surface area contributed by atoms with Crippen LogP contribution in [0.4, 0.5) is 11.4 Å². The number of rotatable bonds is 11. The normalized spacial score (nSPS) is 13.0. The molecule has 1 atom stereocenters. The van der Waals surface area contributed by atoms with Crippen molar-refractivity contribution < 1.29 is 9.53 Å². The van der Waals surface area contributed by atoms with Crippen molar-refractivity contribution in [1.29, 1.82) is 0 Å². The number of carbonyl (C=O) groups excluding carboxylic acids is 1. The topological polar surface area (TPSA) is 29.5 Å². The quantitative estimate of drug-likeness (QED) is 0.282. The van der Waals surface area contributed by atoms with Crippen molar-refractivity contribution in [2.24, 2.45) is 5.41 Å². The lowest BCUT2D eigenvalue weighted by Gasteiger charge is -2.29. The lowest BCUT2D eigenvalue weighted by molar-refractivity contribution is -0.106. The SMILES string of the molecule is CCCCC(C)(CC)CSc1cc(OC)c(Cl)cc1N(C=O)c1ccccc1. The fraction of sp³-hybridized carbons (Fsp3) is 0.435. The van der Waals surface area contributed by atoms with E-state index < -0.39 is 0 Å². The third-order valence-electron chi connectivity index (χ3n) is 5.20. The number of anilines is 2. The summed E-state index contributed by atoms with van der Waals surface area (Å²) < 4.78 is 5.43. The average molecular weight is 420 g/mol. The highest BCUT2D eigenvalue weighted by Gasteiger charge is 2.24. The minimum Gasteiger partial charge on any atom is -0.495 e. The standard InChI is InChI=1S/C23H30ClNO2S/c1-5-7-13-23(3,6-2)16-28-22-15-21(27-4)19(24)14-20(22)25(17-26)18-11-9-8-10-12-18/h8-12,14-15,17H,5-7,13,16H2,1-4H3. The minimum absolute atomic E-state index is 0.254. The number of thioether (sulfide) groups is 1. The van der Waals surface area contributed by atoms with Gasteiger partial charge in [-0.2, -0.15) is 0 Å². The Bertz CT molecular complexity index is 769. The summed E-state index contributed by atoms with van der Waals surface area (Å²) in [5.74, 6) is 1.60. The van der Waals surface area contributed by atoms with Crippen molar-refractivity contribution >= 4 is 41.1 Å². The van der Waals surface area contributed by atoms with Crippen LogP contribution in [0.15, 0.2) is 47.4 Å². The second-order valence-corrected chi connectivity index (χ2v) is 8.75. The van der Waals surface area contributed by atoms with Crippen LogP contribution in [-0.2, 0) is 4.79 Å². The molecule has 3 nitrogen and oxygen atoms in total. The molecule has 0 saturated heterocycles. The van der Waals surface area contributed by atoms with Crippen molar-refractivity contribution in [3.8, 4) is 5.75 Å². The molecule has 0 bridgehead atoms. The minimum atomic E-state index is 0.254. The molecule has 2 aromatic carbocycles. The molecule has 2 rings (SSSR count). The molecular formula is C23H30ClNO2S. The van der Waals surface area contributed by atoms with Gasteiger partial charge in [-0.25, -0.2) is 0 Å². The van der Waals surface area contributed by atoms with Gasteiger partial charge < -0.3 is 4.74 Å². The summed E-state index contributed by atoms with van der Waals surface area (Å²) in [5.41, 5.74) is 1.85. The van der Waals surface area contributed by atoms with E-state index in [-0.39, 0.29) is 5.41 Å². The predicted octanol–water partition coefficient (Wildman–Crippen LogP) is 7.34. The fourth-order valence-electron chi connectivity index (χ4n) is 3.04. The van der Waals surface area contributed by atoms with E-state index >= 15 is 0 Å². The predicted molar refractivity (Wildman–Crippen MR) is 121 cm³/mol. The molecule has 0 radical (unpaired) electrons. The number of hydrogen-bond donors (Lipinski definition) is 0. The lowest BCUT2D eigenvalue weighted by atomic mass is 9.84. The Hall–Kier alpha value is -1.65. The van der Waals surface area contributed by atoms with Crippen molar-refractivity contribution in [3.63, 3.8) is 0 Å². The Morgan fingerprint density at radius 1 is 1.21 bits per heavy atom. The molecule has 0 fully saturated rings. The maximum Gasteiger partial charge on any atom is 0.218 e. The van der Waals surface area contributed by atoms with Gasteiger partial charge in [0.05, 0.1) is 17.8 Å². The van der Waals surface area contributed by atoms with Gasteiger partial charge in [0.2, 0.25) is 6.41 Å². The van der Waals surface area contributed by atoms with Crippen LogP contribution in [0.5, 0.6) is 5.75 Å². The van der Waals surface area contributed by atoms with Crippen LogP contribution in [0.25, 0.3) is 0 Å². The molecule has 0 heterocycles. The van der Waals surface area contributed by atoms with Crippen molar-refractivity contribution in [2.75, 3.05) is 17.8 Å². The Balaban J connectivity index is 2.40. The molecule has 5 heteroatoms. The third kappa shape index (κ3) is 5.68. The smallest absolute Gasteiger partial charge is 0.218 e. The second kappa shape index (κ2) is 10.8. The number of amides is 1. The van der Waals surface area contributed by atoms with Crippen LogP contribution >= 0.6 is 23.4 Å². The summed E-state index contributed by atoms with van der Waals surface area (Å²) >= 11 is 8.17. The molecule has 0 N–H and O–H groups in total. The highest BCUT2D eigenvalue weighted by Crippen LogP contribution is 2.43. The van der Waals surface area contributed by atoms with Crippen molar-refractivity contribution in [1.82, 2.24) is 0 Å². The molecule has 1 amide bonds. The zero-order valence-electron chi connectivity index (χ0n) is 17.2. The van der Waals surface area contributed by atoms with Crippen molar-refractivity contribution in [2.45, 2.75) is 51.3 Å². The van der Waals surface area contributed by atoms with E-state index in [1.165, 1.54) is 19.3 Å².